The van der Waals surface area contributed by atoms with Crippen molar-refractivity contribution in [1.82, 2.24) is 4.98 Å². The highest BCUT2D eigenvalue weighted by molar-refractivity contribution is 7.90. The Morgan fingerprint density at radius 2 is 2.13 bits per heavy atom. The van der Waals surface area contributed by atoms with Crippen molar-refractivity contribution in [2.24, 2.45) is 5.73 Å². The highest BCUT2D eigenvalue weighted by atomic mass is 32.2. The molecule has 0 atom stereocenters. The predicted molar refractivity (Wildman–Crippen MR) is 62.6 cm³/mol. The van der Waals surface area contributed by atoms with Crippen LogP contribution in [0.5, 0.6) is 0 Å². The number of thiazole rings is 1. The molecule has 0 aliphatic heterocycles. The molecule has 4 nitrogen and oxygen atoms in total. The lowest BCUT2D eigenvalue weighted by Crippen LogP contribution is -2.40. The summed E-state index contributed by atoms with van der Waals surface area (Å²) in [4.78, 5) is 4.12. The van der Waals surface area contributed by atoms with E-state index in [-0.39, 0.29) is 11.5 Å². The van der Waals surface area contributed by atoms with Crippen LogP contribution in [0.25, 0.3) is 0 Å². The third kappa shape index (κ3) is 4.72. The van der Waals surface area contributed by atoms with Crippen molar-refractivity contribution in [3.63, 3.8) is 0 Å². The van der Waals surface area contributed by atoms with Crippen LogP contribution in [0.4, 0.5) is 0 Å². The highest BCUT2D eigenvalue weighted by Gasteiger charge is 2.23. The average molecular weight is 248 g/mol. The monoisotopic (exact) mass is 248 g/mol. The van der Waals surface area contributed by atoms with E-state index in [1.165, 1.54) is 11.3 Å². The summed E-state index contributed by atoms with van der Waals surface area (Å²) in [5, 5.41) is 2.48. The van der Waals surface area contributed by atoms with Crippen LogP contribution in [0.15, 0.2) is 5.38 Å². The fraction of sp³-hybridized carbons (Fsp3) is 0.667. The third-order valence-corrected chi connectivity index (χ3v) is 4.65. The molecule has 0 aromatic carbocycles. The first-order valence-electron chi connectivity index (χ1n) is 4.58. The van der Waals surface area contributed by atoms with Crippen molar-refractivity contribution in [2.45, 2.75) is 32.1 Å². The molecule has 1 aromatic rings. The summed E-state index contributed by atoms with van der Waals surface area (Å²) >= 11 is 1.37. The highest BCUT2D eigenvalue weighted by Crippen LogP contribution is 2.14. The summed E-state index contributed by atoms with van der Waals surface area (Å²) in [5.74, 6) is -0.0231. The zero-order chi connectivity index (χ0) is 11.7. The van der Waals surface area contributed by atoms with Gasteiger partial charge in [0, 0.05) is 16.6 Å². The van der Waals surface area contributed by atoms with E-state index in [1.807, 2.05) is 12.3 Å². The largest absolute Gasteiger partial charge is 0.325 e. The molecule has 0 bridgehead atoms. The standard InChI is InChI=1S/C9H16N2O2S2/c1-7-4-14-8(11-7)5-15(12,13)6-9(2,3)10/h4H,5-6,10H2,1-3H3. The lowest BCUT2D eigenvalue weighted by Gasteiger charge is -2.17. The van der Waals surface area contributed by atoms with Crippen LogP contribution in [-0.2, 0) is 15.6 Å². The van der Waals surface area contributed by atoms with E-state index in [2.05, 4.69) is 4.98 Å². The molecule has 1 aromatic heterocycles. The van der Waals surface area contributed by atoms with Crippen molar-refractivity contribution in [1.29, 1.82) is 0 Å². The van der Waals surface area contributed by atoms with Crippen LogP contribution in [-0.4, -0.2) is 24.7 Å². The van der Waals surface area contributed by atoms with Gasteiger partial charge in [-0.05, 0) is 20.8 Å². The molecule has 0 unspecified atom stereocenters. The molecule has 0 fully saturated rings. The average Bonchev–Trinajstić information content (AvgIpc) is 2.27. The zero-order valence-electron chi connectivity index (χ0n) is 9.15. The van der Waals surface area contributed by atoms with Gasteiger partial charge in [-0.3, -0.25) is 0 Å². The van der Waals surface area contributed by atoms with E-state index in [0.29, 0.717) is 5.01 Å². The van der Waals surface area contributed by atoms with Gasteiger partial charge < -0.3 is 5.73 Å². The van der Waals surface area contributed by atoms with E-state index >= 15 is 0 Å². The number of hydrogen-bond donors (Lipinski definition) is 1. The molecule has 6 heteroatoms. The Balaban J connectivity index is 2.73. The van der Waals surface area contributed by atoms with E-state index in [4.69, 9.17) is 5.73 Å². The van der Waals surface area contributed by atoms with Gasteiger partial charge in [0.1, 0.15) is 10.8 Å². The third-order valence-electron chi connectivity index (χ3n) is 1.60. The van der Waals surface area contributed by atoms with Crippen LogP contribution in [0.2, 0.25) is 0 Å². The molecular weight excluding hydrogens is 232 g/mol. The molecular formula is C9H16N2O2S2. The molecule has 0 saturated heterocycles. The van der Waals surface area contributed by atoms with Gasteiger partial charge in [0.2, 0.25) is 0 Å². The second kappa shape index (κ2) is 4.19. The normalized spacial score (nSPS) is 13.1. The van der Waals surface area contributed by atoms with Crippen molar-refractivity contribution in [2.75, 3.05) is 5.75 Å². The predicted octanol–water partition coefficient (Wildman–Crippen LogP) is 1.10. The number of sulfone groups is 1. The maximum Gasteiger partial charge on any atom is 0.158 e. The lowest BCUT2D eigenvalue weighted by atomic mass is 10.1. The van der Waals surface area contributed by atoms with Gasteiger partial charge in [0.15, 0.2) is 9.84 Å². The summed E-state index contributed by atoms with van der Waals surface area (Å²) in [6, 6.07) is 0. The molecule has 1 rings (SSSR count). The molecule has 1 heterocycles. The van der Waals surface area contributed by atoms with Gasteiger partial charge in [0.25, 0.3) is 0 Å². The Kier molecular flexibility index (Phi) is 3.52. The van der Waals surface area contributed by atoms with Gasteiger partial charge in [-0.2, -0.15) is 0 Å². The van der Waals surface area contributed by atoms with Crippen LogP contribution < -0.4 is 5.73 Å². The van der Waals surface area contributed by atoms with Gasteiger partial charge >= 0.3 is 0 Å². The van der Waals surface area contributed by atoms with Crippen molar-refractivity contribution in [3.05, 3.63) is 16.1 Å². The second-order valence-electron chi connectivity index (χ2n) is 4.40. The van der Waals surface area contributed by atoms with E-state index in [0.717, 1.165) is 5.69 Å². The Hall–Kier alpha value is -0.460. The Bertz CT molecular complexity index is 429. The number of aryl methyl sites for hydroxylation is 1. The lowest BCUT2D eigenvalue weighted by molar-refractivity contribution is 0.544. The van der Waals surface area contributed by atoms with Gasteiger partial charge in [0.05, 0.1) is 5.75 Å². The van der Waals surface area contributed by atoms with Gasteiger partial charge in [-0.15, -0.1) is 11.3 Å². The van der Waals surface area contributed by atoms with Crippen LogP contribution >= 0.6 is 11.3 Å². The van der Waals surface area contributed by atoms with Crippen molar-refractivity contribution < 1.29 is 8.42 Å². The smallest absolute Gasteiger partial charge is 0.158 e. The number of aromatic nitrogens is 1. The molecule has 0 radical (unpaired) electrons. The fourth-order valence-electron chi connectivity index (χ4n) is 1.27. The first kappa shape index (κ1) is 12.6. The molecule has 15 heavy (non-hydrogen) atoms. The summed E-state index contributed by atoms with van der Waals surface area (Å²) in [5.41, 5.74) is 5.85. The molecule has 0 spiro atoms. The van der Waals surface area contributed by atoms with Crippen molar-refractivity contribution >= 4 is 21.2 Å². The number of rotatable bonds is 4. The number of hydrogen-bond acceptors (Lipinski definition) is 5. The molecule has 2 N–H and O–H groups in total. The van der Waals surface area contributed by atoms with E-state index in [1.54, 1.807) is 13.8 Å². The number of nitrogens with two attached hydrogens (primary N) is 1. The molecule has 0 aliphatic rings. The maximum absolute atomic E-state index is 11.7. The molecule has 0 saturated carbocycles. The Morgan fingerprint density at radius 3 is 2.53 bits per heavy atom. The summed E-state index contributed by atoms with van der Waals surface area (Å²) in [6.45, 7) is 5.26. The Labute approximate surface area is 94.4 Å². The number of nitrogens with zero attached hydrogens (tertiary/aromatic N) is 1. The Morgan fingerprint density at radius 1 is 1.53 bits per heavy atom. The molecule has 0 aliphatic carbocycles. The SMILES string of the molecule is Cc1csc(CS(=O)(=O)CC(C)(C)N)n1. The minimum Gasteiger partial charge on any atom is -0.325 e. The zero-order valence-corrected chi connectivity index (χ0v) is 10.8. The quantitative estimate of drug-likeness (QED) is 0.866. The maximum atomic E-state index is 11.7. The van der Waals surface area contributed by atoms with Gasteiger partial charge in [-0.1, -0.05) is 0 Å². The molecule has 86 valence electrons. The van der Waals surface area contributed by atoms with Crippen LogP contribution in [0.3, 0.4) is 0 Å². The topological polar surface area (TPSA) is 73.0 Å². The summed E-state index contributed by atoms with van der Waals surface area (Å²) < 4.78 is 23.4. The first-order chi connectivity index (χ1) is 6.68. The van der Waals surface area contributed by atoms with Crippen LogP contribution in [0, 0.1) is 6.92 Å². The van der Waals surface area contributed by atoms with Gasteiger partial charge in [-0.25, -0.2) is 13.4 Å². The summed E-state index contributed by atoms with van der Waals surface area (Å²) in [6.07, 6.45) is 0. The minimum absolute atomic E-state index is 0.00780. The van der Waals surface area contributed by atoms with Crippen molar-refractivity contribution in [3.8, 4) is 0 Å². The van der Waals surface area contributed by atoms with Crippen LogP contribution in [0.1, 0.15) is 24.5 Å². The molecule has 0 amide bonds. The minimum atomic E-state index is -3.16. The fourth-order valence-corrected chi connectivity index (χ4v) is 4.32. The van der Waals surface area contributed by atoms with E-state index in [9.17, 15) is 8.42 Å². The summed E-state index contributed by atoms with van der Waals surface area (Å²) in [7, 11) is -3.16. The van der Waals surface area contributed by atoms with E-state index < -0.39 is 15.4 Å². The second-order valence-corrected chi connectivity index (χ2v) is 7.41. The first-order valence-corrected chi connectivity index (χ1v) is 7.28.